The summed E-state index contributed by atoms with van der Waals surface area (Å²) in [6.07, 6.45) is 0.835. The van der Waals surface area contributed by atoms with Crippen molar-refractivity contribution in [3.8, 4) is 5.69 Å². The van der Waals surface area contributed by atoms with Gasteiger partial charge in [-0.05, 0) is 24.5 Å². The number of hydrogen-bond donors (Lipinski definition) is 1. The summed E-state index contributed by atoms with van der Waals surface area (Å²) < 4.78 is 17.1. The van der Waals surface area contributed by atoms with Crippen molar-refractivity contribution in [2.45, 2.75) is 39.7 Å². The summed E-state index contributed by atoms with van der Waals surface area (Å²) in [6, 6.07) is 6.24. The molecule has 0 spiro atoms. The molecule has 0 amide bonds. The van der Waals surface area contributed by atoms with E-state index in [1.54, 1.807) is 22.9 Å². The van der Waals surface area contributed by atoms with Crippen molar-refractivity contribution in [1.82, 2.24) is 9.36 Å². The van der Waals surface area contributed by atoms with Crippen molar-refractivity contribution >= 4 is 5.69 Å². The average molecular weight is 277 g/mol. The molecule has 0 aliphatic rings. The molecule has 2 N–H and O–H groups in total. The molecule has 4 nitrogen and oxygen atoms in total. The maximum atomic E-state index is 14.0. The van der Waals surface area contributed by atoms with E-state index < -0.39 is 5.82 Å². The topological polar surface area (TPSA) is 52.9 Å². The first kappa shape index (κ1) is 14.4. The van der Waals surface area contributed by atoms with E-state index in [2.05, 4.69) is 0 Å². The third kappa shape index (κ3) is 2.24. The van der Waals surface area contributed by atoms with Crippen LogP contribution < -0.4 is 11.3 Å². The summed E-state index contributed by atoms with van der Waals surface area (Å²) >= 11 is 0. The van der Waals surface area contributed by atoms with Crippen molar-refractivity contribution in [3.63, 3.8) is 0 Å². The molecule has 1 aromatic heterocycles. The predicted molar refractivity (Wildman–Crippen MR) is 78.8 cm³/mol. The predicted octanol–water partition coefficient (Wildman–Crippen LogP) is 2.89. The van der Waals surface area contributed by atoms with Gasteiger partial charge in [-0.2, -0.15) is 0 Å². The van der Waals surface area contributed by atoms with Crippen LogP contribution in [-0.4, -0.2) is 9.36 Å². The minimum absolute atomic E-state index is 0.0993. The molecule has 0 saturated heterocycles. The standard InChI is InChI=1S/C15H20FN3O/c1-4-9-18-14(10(2)3)13(17)15(20)19(18)12-8-6-5-7-11(12)16/h5-8,10H,4,9,17H2,1-3H3. The van der Waals surface area contributed by atoms with Gasteiger partial charge in [0, 0.05) is 6.54 Å². The molecular weight excluding hydrogens is 257 g/mol. The molecule has 0 bridgehead atoms. The van der Waals surface area contributed by atoms with E-state index in [0.29, 0.717) is 6.54 Å². The van der Waals surface area contributed by atoms with Crippen LogP contribution in [0.5, 0.6) is 0 Å². The maximum Gasteiger partial charge on any atom is 0.294 e. The fourth-order valence-electron chi connectivity index (χ4n) is 2.48. The zero-order valence-corrected chi connectivity index (χ0v) is 12.1. The zero-order chi connectivity index (χ0) is 14.9. The van der Waals surface area contributed by atoms with Gasteiger partial charge in [0.05, 0.1) is 5.69 Å². The maximum absolute atomic E-state index is 14.0. The van der Waals surface area contributed by atoms with Crippen LogP contribution in [0.15, 0.2) is 29.1 Å². The minimum Gasteiger partial charge on any atom is -0.393 e. The van der Waals surface area contributed by atoms with Gasteiger partial charge >= 0.3 is 0 Å². The smallest absolute Gasteiger partial charge is 0.294 e. The van der Waals surface area contributed by atoms with Crippen molar-refractivity contribution in [2.75, 3.05) is 5.73 Å². The molecule has 0 saturated carbocycles. The van der Waals surface area contributed by atoms with Crippen LogP contribution in [0.3, 0.4) is 0 Å². The number of nitrogens with two attached hydrogens (primary N) is 1. The van der Waals surface area contributed by atoms with Gasteiger partial charge in [0.2, 0.25) is 0 Å². The van der Waals surface area contributed by atoms with Gasteiger partial charge in [0.1, 0.15) is 17.2 Å². The molecule has 2 rings (SSSR count). The molecule has 0 atom stereocenters. The lowest BCUT2D eigenvalue weighted by Crippen LogP contribution is -2.23. The Morgan fingerprint density at radius 1 is 1.30 bits per heavy atom. The molecule has 1 heterocycles. The van der Waals surface area contributed by atoms with Gasteiger partial charge < -0.3 is 5.73 Å². The Kier molecular flexibility index (Phi) is 3.97. The molecule has 0 fully saturated rings. The van der Waals surface area contributed by atoms with Crippen LogP contribution in [0.2, 0.25) is 0 Å². The summed E-state index contributed by atoms with van der Waals surface area (Å²) in [6.45, 7) is 6.58. The highest BCUT2D eigenvalue weighted by Gasteiger charge is 2.21. The molecule has 0 aliphatic heterocycles. The normalized spacial score (nSPS) is 11.2. The Hall–Kier alpha value is -2.04. The van der Waals surface area contributed by atoms with Crippen LogP contribution in [0, 0.1) is 5.82 Å². The van der Waals surface area contributed by atoms with E-state index >= 15 is 0 Å². The molecule has 20 heavy (non-hydrogen) atoms. The van der Waals surface area contributed by atoms with Crippen LogP contribution in [0.25, 0.3) is 5.69 Å². The Morgan fingerprint density at radius 3 is 2.50 bits per heavy atom. The molecule has 2 aromatic rings. The Morgan fingerprint density at radius 2 is 1.95 bits per heavy atom. The SMILES string of the molecule is CCCn1c(C(C)C)c(N)c(=O)n1-c1ccccc1F. The number of nitrogen functional groups attached to an aromatic ring is 1. The minimum atomic E-state index is -0.431. The van der Waals surface area contributed by atoms with Crippen molar-refractivity contribution in [3.05, 3.63) is 46.1 Å². The van der Waals surface area contributed by atoms with Gasteiger partial charge in [-0.1, -0.05) is 32.9 Å². The third-order valence-electron chi connectivity index (χ3n) is 3.28. The Labute approximate surface area is 117 Å². The summed E-state index contributed by atoms with van der Waals surface area (Å²) in [7, 11) is 0. The number of halogens is 1. The number of benzene rings is 1. The highest BCUT2D eigenvalue weighted by molar-refractivity contribution is 5.47. The molecule has 1 aromatic carbocycles. The van der Waals surface area contributed by atoms with Gasteiger partial charge in [-0.3, -0.25) is 9.48 Å². The highest BCUT2D eigenvalue weighted by atomic mass is 19.1. The molecule has 0 unspecified atom stereocenters. The first-order valence-electron chi connectivity index (χ1n) is 6.85. The van der Waals surface area contributed by atoms with E-state index in [1.807, 2.05) is 20.8 Å². The molecule has 5 heteroatoms. The largest absolute Gasteiger partial charge is 0.393 e. The Balaban J connectivity index is 2.79. The van der Waals surface area contributed by atoms with E-state index in [4.69, 9.17) is 5.73 Å². The second kappa shape index (κ2) is 5.53. The van der Waals surface area contributed by atoms with Gasteiger partial charge in [-0.15, -0.1) is 0 Å². The Bertz CT molecular complexity index is 670. The summed E-state index contributed by atoms with van der Waals surface area (Å²) in [5.41, 5.74) is 6.80. The lowest BCUT2D eigenvalue weighted by atomic mass is 10.1. The van der Waals surface area contributed by atoms with Gasteiger partial charge in [-0.25, -0.2) is 9.07 Å². The van der Waals surface area contributed by atoms with Crippen LogP contribution in [0.4, 0.5) is 10.1 Å². The monoisotopic (exact) mass is 277 g/mol. The molecule has 0 radical (unpaired) electrons. The van der Waals surface area contributed by atoms with Crippen molar-refractivity contribution in [1.29, 1.82) is 0 Å². The molecule has 108 valence electrons. The summed E-state index contributed by atoms with van der Waals surface area (Å²) in [4.78, 5) is 12.4. The number of aromatic nitrogens is 2. The average Bonchev–Trinajstić information content (AvgIpc) is 2.63. The molecule has 0 aliphatic carbocycles. The second-order valence-corrected chi connectivity index (χ2v) is 5.15. The second-order valence-electron chi connectivity index (χ2n) is 5.15. The fraction of sp³-hybridized carbons (Fsp3) is 0.400. The first-order chi connectivity index (χ1) is 9.49. The van der Waals surface area contributed by atoms with Gasteiger partial charge in [0.25, 0.3) is 5.56 Å². The first-order valence-corrected chi connectivity index (χ1v) is 6.85. The van der Waals surface area contributed by atoms with Crippen molar-refractivity contribution < 1.29 is 4.39 Å². The number of hydrogen-bond acceptors (Lipinski definition) is 2. The lowest BCUT2D eigenvalue weighted by molar-refractivity contribution is 0.489. The number of rotatable bonds is 4. The quantitative estimate of drug-likeness (QED) is 0.934. The van der Waals surface area contributed by atoms with Gasteiger partial charge in [0.15, 0.2) is 0 Å². The van der Waals surface area contributed by atoms with E-state index in [1.165, 1.54) is 10.7 Å². The highest BCUT2D eigenvalue weighted by Crippen LogP contribution is 2.23. The zero-order valence-electron chi connectivity index (χ0n) is 12.1. The lowest BCUT2D eigenvalue weighted by Gasteiger charge is -2.16. The van der Waals surface area contributed by atoms with E-state index in [0.717, 1.165) is 12.1 Å². The summed E-state index contributed by atoms with van der Waals surface area (Å²) in [5, 5.41) is 0. The van der Waals surface area contributed by atoms with Crippen LogP contribution >= 0.6 is 0 Å². The number of nitrogens with zero attached hydrogens (tertiary/aromatic N) is 2. The number of anilines is 1. The van der Waals surface area contributed by atoms with E-state index in [9.17, 15) is 9.18 Å². The molecular formula is C15H20FN3O. The summed E-state index contributed by atoms with van der Waals surface area (Å²) in [5.74, 6) is -0.331. The number of para-hydroxylation sites is 1. The van der Waals surface area contributed by atoms with E-state index in [-0.39, 0.29) is 22.9 Å². The fourth-order valence-corrected chi connectivity index (χ4v) is 2.48. The van der Waals surface area contributed by atoms with Crippen LogP contribution in [-0.2, 0) is 6.54 Å². The third-order valence-corrected chi connectivity index (χ3v) is 3.28. The van der Waals surface area contributed by atoms with Crippen LogP contribution in [0.1, 0.15) is 38.8 Å². The van der Waals surface area contributed by atoms with Crippen molar-refractivity contribution in [2.24, 2.45) is 0 Å².